The molecule has 0 aromatic heterocycles. The van der Waals surface area contributed by atoms with Crippen LogP contribution >= 0.6 is 0 Å². The number of hydrogen-bond acceptors (Lipinski definition) is 0. The predicted molar refractivity (Wildman–Crippen MR) is 238 cm³/mol. The van der Waals surface area contributed by atoms with E-state index in [2.05, 4.69) is 208 Å². The van der Waals surface area contributed by atoms with E-state index in [0.717, 1.165) is 0 Å². The molecule has 0 aliphatic carbocycles. The van der Waals surface area contributed by atoms with Crippen LogP contribution in [0.15, 0.2) is 146 Å². The van der Waals surface area contributed by atoms with E-state index in [4.69, 9.17) is 0 Å². The molecule has 0 unspecified atom stereocenters. The third kappa shape index (κ3) is 9.05. The number of aryl methyl sites for hydroxylation is 2. The van der Waals surface area contributed by atoms with Gasteiger partial charge < -0.3 is 14.9 Å². The van der Waals surface area contributed by atoms with Crippen LogP contribution < -0.4 is 0 Å². The molecule has 274 valence electrons. The van der Waals surface area contributed by atoms with Crippen molar-refractivity contribution in [2.45, 2.75) is 66.2 Å². The van der Waals surface area contributed by atoms with Crippen molar-refractivity contribution in [2.75, 3.05) is 0 Å². The molecule has 8 rings (SSSR count). The molecule has 0 bridgehead atoms. The van der Waals surface area contributed by atoms with Crippen LogP contribution in [0, 0.1) is 28.7 Å². The molecule has 0 amide bonds. The van der Waals surface area contributed by atoms with E-state index in [1.165, 1.54) is 111 Å². The first kappa shape index (κ1) is 42.6. The second kappa shape index (κ2) is 17.6. The van der Waals surface area contributed by atoms with Gasteiger partial charge >= 0.3 is 30.2 Å². The number of hydrogen-bond donors (Lipinski definition) is 0. The van der Waals surface area contributed by atoms with Crippen molar-refractivity contribution in [3.63, 3.8) is 0 Å². The van der Waals surface area contributed by atoms with Gasteiger partial charge in [-0.25, -0.2) is 0 Å². The summed E-state index contributed by atoms with van der Waals surface area (Å²) in [6.07, 6.45) is 0. The van der Waals surface area contributed by atoms with Crippen LogP contribution in [-0.2, 0) is 34.2 Å². The molecule has 0 saturated heterocycles. The molecule has 2 radical (unpaired) electrons. The van der Waals surface area contributed by atoms with E-state index >= 15 is 0 Å². The third-order valence-electron chi connectivity index (χ3n) is 10.2. The number of rotatable bonds is 3. The van der Waals surface area contributed by atoms with Crippen LogP contribution in [0.2, 0.25) is 0 Å². The molecule has 8 aromatic carbocycles. The van der Waals surface area contributed by atoms with Crippen molar-refractivity contribution in [3.05, 3.63) is 183 Å². The van der Waals surface area contributed by atoms with Gasteiger partial charge in [-0.1, -0.05) is 181 Å². The van der Waals surface area contributed by atoms with Crippen molar-refractivity contribution in [3.8, 4) is 33.4 Å². The van der Waals surface area contributed by atoms with E-state index in [9.17, 15) is 0 Å². The standard InChI is InChI=1S/C29H25.C21H23.2CH3.Si.Zr/c1-29(2,3)24-16-14-21(15-17-24)26-12-7-10-22-18-23(19-28(22)26)27-13-6-9-20-8-4-5-11-25(20)27;1-14-12-19-15(2)6-11-18(20(19)13-14)16-7-9-17(10-8-16)21(3,4)5;;;;/h4-19H,1-3H3;6-13H,1-5H3;2*1H3;;/q4*-1;;. The molecule has 0 N–H and O–H groups in total. The number of benzene rings is 6. The fourth-order valence-corrected chi connectivity index (χ4v) is 7.26. The Morgan fingerprint density at radius 1 is 0.481 bits per heavy atom. The molecule has 2 heteroatoms. The van der Waals surface area contributed by atoms with Crippen LogP contribution in [0.3, 0.4) is 0 Å². The summed E-state index contributed by atoms with van der Waals surface area (Å²) >= 11 is 1.36. The van der Waals surface area contributed by atoms with Crippen molar-refractivity contribution in [1.82, 2.24) is 0 Å². The average Bonchev–Trinajstić information content (AvgIpc) is 3.76. The zero-order chi connectivity index (χ0) is 37.2. The van der Waals surface area contributed by atoms with E-state index in [1.807, 2.05) is 0 Å². The fraction of sp³-hybridized carbons (Fsp3) is 0.192. The van der Waals surface area contributed by atoms with Crippen molar-refractivity contribution < 1.29 is 23.3 Å². The van der Waals surface area contributed by atoms with Gasteiger partial charge in [0.25, 0.3) is 0 Å². The van der Waals surface area contributed by atoms with Crippen LogP contribution in [0.1, 0.15) is 63.8 Å². The first-order valence-corrected chi connectivity index (χ1v) is 22.4. The summed E-state index contributed by atoms with van der Waals surface area (Å²) in [6, 6.07) is 53.7. The third-order valence-corrected chi connectivity index (χ3v) is 10.2. The predicted octanol–water partition coefficient (Wildman–Crippen LogP) is 15.0. The second-order valence-electron chi connectivity index (χ2n) is 16.0. The van der Waals surface area contributed by atoms with Crippen LogP contribution in [0.4, 0.5) is 0 Å². The molecule has 0 aliphatic rings. The van der Waals surface area contributed by atoms with Crippen LogP contribution in [0.5, 0.6) is 0 Å². The first-order chi connectivity index (χ1) is 24.9. The Morgan fingerprint density at radius 2 is 1.00 bits per heavy atom. The minimum atomic E-state index is 0. The van der Waals surface area contributed by atoms with Crippen LogP contribution in [-0.4, -0.2) is 6.88 Å². The van der Waals surface area contributed by atoms with E-state index in [-0.39, 0.29) is 25.7 Å². The molecular formula is C52H54SiZr-4. The minimum absolute atomic E-state index is 0. The normalized spacial score (nSPS) is 11.2. The molecule has 0 spiro atoms. The Hall–Kier alpha value is -4.10. The SMILES string of the molecule is CC(C)(C)c1ccc(-c2cccc3[cH-]c(-c4cccc5ccccc45)cc23)cc1.Cc1cc2c(-c3ccc(C(C)(C)C)cc3)ccc(C)c2[cH-]1.[CH3-].[CH3-].[Si]=[Zr]. The van der Waals surface area contributed by atoms with Gasteiger partial charge in [-0.2, -0.15) is 6.07 Å². The molecule has 8 aromatic rings. The van der Waals surface area contributed by atoms with Gasteiger partial charge in [0.15, 0.2) is 0 Å². The molecular weight excluding hydrogens is 744 g/mol. The van der Waals surface area contributed by atoms with Gasteiger partial charge in [-0.05, 0) is 43.9 Å². The summed E-state index contributed by atoms with van der Waals surface area (Å²) in [5, 5.41) is 7.96. The summed E-state index contributed by atoms with van der Waals surface area (Å²) in [4.78, 5) is 0. The second-order valence-corrected chi connectivity index (χ2v) is 16.0. The Kier molecular flexibility index (Phi) is 13.9. The van der Waals surface area contributed by atoms with Gasteiger partial charge in [0.2, 0.25) is 0 Å². The monoisotopic (exact) mass is 796 g/mol. The van der Waals surface area contributed by atoms with E-state index in [1.54, 1.807) is 0 Å². The van der Waals surface area contributed by atoms with E-state index in [0.29, 0.717) is 0 Å². The van der Waals surface area contributed by atoms with E-state index < -0.39 is 0 Å². The number of fused-ring (bicyclic) bond motifs is 3. The summed E-state index contributed by atoms with van der Waals surface area (Å²) in [7, 11) is 0. The zero-order valence-corrected chi connectivity index (χ0v) is 37.3. The Morgan fingerprint density at radius 3 is 1.59 bits per heavy atom. The maximum absolute atomic E-state index is 3.06. The molecule has 0 nitrogen and oxygen atoms in total. The Balaban J connectivity index is 0.000000232. The quantitative estimate of drug-likeness (QED) is 0.123. The van der Waals surface area contributed by atoms with Crippen molar-refractivity contribution in [2.24, 2.45) is 0 Å². The fourth-order valence-electron chi connectivity index (χ4n) is 7.26. The topological polar surface area (TPSA) is 0 Å². The summed E-state index contributed by atoms with van der Waals surface area (Å²) in [6.45, 7) is 21.0. The Labute approximate surface area is 342 Å². The van der Waals surface area contributed by atoms with Crippen molar-refractivity contribution >= 4 is 39.2 Å². The van der Waals surface area contributed by atoms with Crippen molar-refractivity contribution in [1.29, 1.82) is 0 Å². The molecule has 0 saturated carbocycles. The van der Waals surface area contributed by atoms with Gasteiger partial charge in [-0.3, -0.25) is 0 Å². The molecule has 0 atom stereocenters. The van der Waals surface area contributed by atoms with Gasteiger partial charge in [-0.15, -0.1) is 68.6 Å². The summed E-state index contributed by atoms with van der Waals surface area (Å²) in [5.41, 5.74) is 13.6. The van der Waals surface area contributed by atoms with Crippen LogP contribution in [0.25, 0.3) is 65.7 Å². The summed E-state index contributed by atoms with van der Waals surface area (Å²) < 4.78 is 0. The maximum atomic E-state index is 3.06. The van der Waals surface area contributed by atoms with Gasteiger partial charge in [0.1, 0.15) is 0 Å². The molecule has 0 fully saturated rings. The first-order valence-electron chi connectivity index (χ1n) is 18.2. The van der Waals surface area contributed by atoms with Gasteiger partial charge in [0.05, 0.1) is 0 Å². The average molecular weight is 798 g/mol. The molecule has 0 heterocycles. The zero-order valence-electron chi connectivity index (χ0n) is 33.9. The Bertz CT molecular complexity index is 2450. The van der Waals surface area contributed by atoms with Gasteiger partial charge in [0, 0.05) is 0 Å². The molecule has 54 heavy (non-hydrogen) atoms. The molecule has 0 aliphatic heterocycles. The summed E-state index contributed by atoms with van der Waals surface area (Å²) in [5.74, 6) is 0.